The molecular weight excluding hydrogens is 338 g/mol. The second-order valence-corrected chi connectivity index (χ2v) is 6.86. The zero-order valence-corrected chi connectivity index (χ0v) is 14.9. The fourth-order valence-corrected chi connectivity index (χ4v) is 3.60. The third-order valence-corrected chi connectivity index (χ3v) is 5.19. The topological polar surface area (TPSA) is 87.2 Å². The molecule has 0 aliphatic carbocycles. The summed E-state index contributed by atoms with van der Waals surface area (Å²) in [5, 5.41) is 0.473. The zero-order valence-electron chi connectivity index (χ0n) is 14.1. The highest BCUT2D eigenvalue weighted by molar-refractivity contribution is 7.20. The summed E-state index contributed by atoms with van der Waals surface area (Å²) in [6.07, 6.45) is 2.18. The number of thiophene rings is 1. The number of fused-ring (bicyclic) bond motifs is 1. The Bertz CT molecular complexity index is 974. The molecule has 1 aromatic carbocycles. The van der Waals surface area contributed by atoms with E-state index in [2.05, 4.69) is 4.98 Å². The first-order valence-corrected chi connectivity index (χ1v) is 8.77. The van der Waals surface area contributed by atoms with Gasteiger partial charge in [0.2, 0.25) is 0 Å². The summed E-state index contributed by atoms with van der Waals surface area (Å²) in [6, 6.07) is 7.84. The number of amides is 1. The van der Waals surface area contributed by atoms with Gasteiger partial charge in [0.25, 0.3) is 11.5 Å². The minimum absolute atomic E-state index is 0.151. The standard InChI is InChI=1S/C18H19N3O3S/c1-11-4-6-13(7-5-11)24-9-3-8-21-10-20-17-14(18(21)23)12(2)15(25-17)16(19)22/h4-7,10H,3,8-9H2,1-2H3,(H2,19,22). The summed E-state index contributed by atoms with van der Waals surface area (Å²) in [7, 11) is 0. The molecule has 130 valence electrons. The Morgan fingerprint density at radius 1 is 1.28 bits per heavy atom. The molecule has 0 spiro atoms. The molecule has 3 rings (SSSR count). The second kappa shape index (κ2) is 7.06. The molecule has 7 heteroatoms. The lowest BCUT2D eigenvalue weighted by molar-refractivity contribution is 0.100. The van der Waals surface area contributed by atoms with Crippen LogP contribution < -0.4 is 16.0 Å². The smallest absolute Gasteiger partial charge is 0.262 e. The van der Waals surface area contributed by atoms with E-state index >= 15 is 0 Å². The van der Waals surface area contributed by atoms with Gasteiger partial charge in [-0.2, -0.15) is 0 Å². The predicted octanol–water partition coefficient (Wildman–Crippen LogP) is 2.64. The number of primary amides is 1. The van der Waals surface area contributed by atoms with Gasteiger partial charge in [-0.05, 0) is 38.0 Å². The largest absolute Gasteiger partial charge is 0.494 e. The molecule has 0 radical (unpaired) electrons. The number of aryl methyl sites for hydroxylation is 3. The molecule has 0 saturated heterocycles. The summed E-state index contributed by atoms with van der Waals surface area (Å²) in [5.41, 5.74) is 6.98. The van der Waals surface area contributed by atoms with Gasteiger partial charge >= 0.3 is 0 Å². The van der Waals surface area contributed by atoms with E-state index in [4.69, 9.17) is 10.5 Å². The van der Waals surface area contributed by atoms with Crippen LogP contribution in [0.1, 0.15) is 27.2 Å². The normalized spacial score (nSPS) is 11.0. The fraction of sp³-hybridized carbons (Fsp3) is 0.278. The number of hydrogen-bond acceptors (Lipinski definition) is 5. The lowest BCUT2D eigenvalue weighted by Gasteiger charge is -2.08. The number of benzene rings is 1. The molecule has 25 heavy (non-hydrogen) atoms. The number of ether oxygens (including phenoxy) is 1. The first-order valence-electron chi connectivity index (χ1n) is 7.95. The molecule has 0 aliphatic heterocycles. The number of aromatic nitrogens is 2. The lowest BCUT2D eigenvalue weighted by atomic mass is 10.2. The number of nitrogens with zero attached hydrogens (tertiary/aromatic N) is 2. The van der Waals surface area contributed by atoms with Gasteiger partial charge in [0.05, 0.1) is 23.2 Å². The quantitative estimate of drug-likeness (QED) is 0.687. The van der Waals surface area contributed by atoms with E-state index < -0.39 is 5.91 Å². The number of rotatable bonds is 6. The number of carbonyl (C=O) groups is 1. The monoisotopic (exact) mass is 357 g/mol. The first-order chi connectivity index (χ1) is 12.0. The minimum Gasteiger partial charge on any atom is -0.494 e. The van der Waals surface area contributed by atoms with E-state index in [-0.39, 0.29) is 5.56 Å². The van der Waals surface area contributed by atoms with E-state index in [1.165, 1.54) is 11.9 Å². The van der Waals surface area contributed by atoms with Crippen molar-refractivity contribution < 1.29 is 9.53 Å². The molecule has 3 aromatic rings. The highest BCUT2D eigenvalue weighted by atomic mass is 32.1. The van der Waals surface area contributed by atoms with Crippen LogP contribution in [-0.4, -0.2) is 22.1 Å². The Balaban J connectivity index is 1.70. The Morgan fingerprint density at radius 2 is 2.00 bits per heavy atom. The Morgan fingerprint density at radius 3 is 2.68 bits per heavy atom. The molecule has 0 bridgehead atoms. The maximum absolute atomic E-state index is 12.6. The van der Waals surface area contributed by atoms with Crippen molar-refractivity contribution in [2.24, 2.45) is 5.73 Å². The molecule has 0 atom stereocenters. The van der Waals surface area contributed by atoms with E-state index in [1.807, 2.05) is 31.2 Å². The van der Waals surface area contributed by atoms with Crippen LogP contribution in [-0.2, 0) is 6.54 Å². The van der Waals surface area contributed by atoms with E-state index in [1.54, 1.807) is 11.5 Å². The SMILES string of the molecule is Cc1ccc(OCCCn2cnc3sc(C(N)=O)c(C)c3c2=O)cc1. The zero-order chi connectivity index (χ0) is 18.0. The second-order valence-electron chi connectivity index (χ2n) is 5.86. The van der Waals surface area contributed by atoms with Crippen LogP contribution in [0.2, 0.25) is 0 Å². The van der Waals surface area contributed by atoms with Crippen LogP contribution in [0.3, 0.4) is 0 Å². The van der Waals surface area contributed by atoms with Crippen molar-refractivity contribution in [3.8, 4) is 5.75 Å². The molecular formula is C18H19N3O3S. The maximum Gasteiger partial charge on any atom is 0.262 e. The van der Waals surface area contributed by atoms with Crippen LogP contribution in [0.4, 0.5) is 0 Å². The van der Waals surface area contributed by atoms with Gasteiger partial charge in [-0.1, -0.05) is 17.7 Å². The Hall–Kier alpha value is -2.67. The van der Waals surface area contributed by atoms with Gasteiger partial charge < -0.3 is 10.5 Å². The van der Waals surface area contributed by atoms with Crippen LogP contribution in [0.25, 0.3) is 10.2 Å². The molecule has 6 nitrogen and oxygen atoms in total. The van der Waals surface area contributed by atoms with Crippen LogP contribution in [0.5, 0.6) is 5.75 Å². The summed E-state index contributed by atoms with van der Waals surface area (Å²) in [4.78, 5) is 29.3. The van der Waals surface area contributed by atoms with E-state index in [9.17, 15) is 9.59 Å². The first kappa shape index (κ1) is 17.2. The predicted molar refractivity (Wildman–Crippen MR) is 98.4 cm³/mol. The summed E-state index contributed by atoms with van der Waals surface area (Å²) in [6.45, 7) is 4.75. The van der Waals surface area contributed by atoms with Crippen LogP contribution in [0.15, 0.2) is 35.4 Å². The van der Waals surface area contributed by atoms with Crippen molar-refractivity contribution in [1.82, 2.24) is 9.55 Å². The number of nitrogens with two attached hydrogens (primary N) is 1. The molecule has 0 saturated carbocycles. The van der Waals surface area contributed by atoms with Gasteiger partial charge in [0, 0.05) is 6.54 Å². The van der Waals surface area contributed by atoms with E-state index in [0.29, 0.717) is 40.2 Å². The minimum atomic E-state index is -0.530. The van der Waals surface area contributed by atoms with Gasteiger partial charge in [-0.15, -0.1) is 11.3 Å². The average molecular weight is 357 g/mol. The molecule has 2 aromatic heterocycles. The highest BCUT2D eigenvalue weighted by Crippen LogP contribution is 2.26. The number of hydrogen-bond donors (Lipinski definition) is 1. The van der Waals surface area contributed by atoms with E-state index in [0.717, 1.165) is 17.1 Å². The molecule has 2 heterocycles. The van der Waals surface area contributed by atoms with Gasteiger partial charge in [-0.3, -0.25) is 14.2 Å². The van der Waals surface area contributed by atoms with Gasteiger partial charge in [0.1, 0.15) is 10.6 Å². The lowest BCUT2D eigenvalue weighted by Crippen LogP contribution is -2.21. The Labute approximate surface area is 148 Å². The van der Waals surface area contributed by atoms with Crippen molar-refractivity contribution in [2.75, 3.05) is 6.61 Å². The molecule has 0 aliphatic rings. The summed E-state index contributed by atoms with van der Waals surface area (Å²) < 4.78 is 7.22. The van der Waals surface area contributed by atoms with Crippen molar-refractivity contribution >= 4 is 27.5 Å². The average Bonchev–Trinajstić information content (AvgIpc) is 2.93. The maximum atomic E-state index is 12.6. The highest BCUT2D eigenvalue weighted by Gasteiger charge is 2.17. The molecule has 0 fully saturated rings. The Kier molecular flexibility index (Phi) is 4.85. The van der Waals surface area contributed by atoms with Crippen molar-refractivity contribution in [1.29, 1.82) is 0 Å². The van der Waals surface area contributed by atoms with Crippen molar-refractivity contribution in [2.45, 2.75) is 26.8 Å². The van der Waals surface area contributed by atoms with Gasteiger partial charge in [-0.25, -0.2) is 4.98 Å². The van der Waals surface area contributed by atoms with Crippen LogP contribution >= 0.6 is 11.3 Å². The van der Waals surface area contributed by atoms with Crippen LogP contribution in [0, 0.1) is 13.8 Å². The van der Waals surface area contributed by atoms with Gasteiger partial charge in [0.15, 0.2) is 0 Å². The summed E-state index contributed by atoms with van der Waals surface area (Å²) >= 11 is 1.16. The molecule has 1 amide bonds. The molecule has 0 unspecified atom stereocenters. The number of carbonyl (C=O) groups excluding carboxylic acids is 1. The third kappa shape index (κ3) is 3.56. The fourth-order valence-electron chi connectivity index (χ4n) is 2.61. The molecule has 2 N–H and O–H groups in total. The summed E-state index contributed by atoms with van der Waals surface area (Å²) in [5.74, 6) is 0.282. The van der Waals surface area contributed by atoms with Crippen molar-refractivity contribution in [3.63, 3.8) is 0 Å². The van der Waals surface area contributed by atoms with Crippen molar-refractivity contribution in [3.05, 3.63) is 57.0 Å². The third-order valence-electron chi connectivity index (χ3n) is 3.97.